The second-order valence-electron chi connectivity index (χ2n) is 3.59. The molecule has 3 unspecified atom stereocenters. The van der Waals surface area contributed by atoms with Gasteiger partial charge in [-0.2, -0.15) is 0 Å². The van der Waals surface area contributed by atoms with Crippen LogP contribution >= 0.6 is 0 Å². The van der Waals surface area contributed by atoms with Gasteiger partial charge in [0.2, 0.25) is 5.91 Å². The second-order valence-corrected chi connectivity index (χ2v) is 5.40. The standard InChI is InChI=1S/C9H18N2O4S/c1-6(16(2)15)5-11-9(14)7(10)3-4-8(12)13/h6-7H,3-5,10H2,1-2H3,(H,11,14)(H,12,13). The van der Waals surface area contributed by atoms with Crippen LogP contribution in [-0.4, -0.2) is 45.3 Å². The summed E-state index contributed by atoms with van der Waals surface area (Å²) in [4.78, 5) is 21.6. The number of carboxylic acids is 1. The highest BCUT2D eigenvalue weighted by atomic mass is 32.2. The van der Waals surface area contributed by atoms with Gasteiger partial charge in [0, 0.05) is 35.3 Å². The number of nitrogens with two attached hydrogens (primary N) is 1. The van der Waals surface area contributed by atoms with Crippen LogP contribution in [-0.2, 0) is 20.4 Å². The van der Waals surface area contributed by atoms with Crippen molar-refractivity contribution >= 4 is 22.7 Å². The Bertz CT molecular complexity index is 283. The van der Waals surface area contributed by atoms with Crippen molar-refractivity contribution in [3.63, 3.8) is 0 Å². The first-order valence-electron chi connectivity index (χ1n) is 4.92. The van der Waals surface area contributed by atoms with Crippen LogP contribution in [0.2, 0.25) is 0 Å². The average Bonchev–Trinajstić information content (AvgIpc) is 2.21. The van der Waals surface area contributed by atoms with Crippen LogP contribution in [0.4, 0.5) is 0 Å². The Morgan fingerprint density at radius 1 is 1.50 bits per heavy atom. The van der Waals surface area contributed by atoms with Crippen molar-refractivity contribution in [3.8, 4) is 0 Å². The molecule has 0 aliphatic heterocycles. The number of carbonyl (C=O) groups excluding carboxylic acids is 1. The van der Waals surface area contributed by atoms with Gasteiger partial charge in [0.15, 0.2) is 0 Å². The number of rotatable bonds is 7. The van der Waals surface area contributed by atoms with Crippen molar-refractivity contribution in [2.24, 2.45) is 5.73 Å². The van der Waals surface area contributed by atoms with Gasteiger partial charge in [-0.3, -0.25) is 13.8 Å². The van der Waals surface area contributed by atoms with Crippen LogP contribution < -0.4 is 11.1 Å². The van der Waals surface area contributed by atoms with Crippen LogP contribution in [0.25, 0.3) is 0 Å². The minimum absolute atomic E-state index is 0.102. The highest BCUT2D eigenvalue weighted by Crippen LogP contribution is 1.96. The van der Waals surface area contributed by atoms with E-state index in [4.69, 9.17) is 10.8 Å². The summed E-state index contributed by atoms with van der Waals surface area (Å²) < 4.78 is 11.0. The predicted octanol–water partition coefficient (Wildman–Crippen LogP) is -0.938. The summed E-state index contributed by atoms with van der Waals surface area (Å²) in [6.45, 7) is 2.03. The second kappa shape index (κ2) is 7.34. The van der Waals surface area contributed by atoms with Gasteiger partial charge in [0.1, 0.15) is 0 Å². The smallest absolute Gasteiger partial charge is 0.303 e. The lowest BCUT2D eigenvalue weighted by atomic mass is 10.1. The molecule has 94 valence electrons. The summed E-state index contributed by atoms with van der Waals surface area (Å²) in [5.41, 5.74) is 5.48. The summed E-state index contributed by atoms with van der Waals surface area (Å²) in [5, 5.41) is 10.8. The molecule has 16 heavy (non-hydrogen) atoms. The number of aliphatic carboxylic acids is 1. The van der Waals surface area contributed by atoms with Gasteiger partial charge in [-0.15, -0.1) is 0 Å². The summed E-state index contributed by atoms with van der Waals surface area (Å²) in [7, 11) is -1.00. The van der Waals surface area contributed by atoms with Gasteiger partial charge in [-0.05, 0) is 13.3 Å². The average molecular weight is 250 g/mol. The van der Waals surface area contributed by atoms with Crippen molar-refractivity contribution < 1.29 is 18.9 Å². The van der Waals surface area contributed by atoms with Crippen molar-refractivity contribution in [1.82, 2.24) is 5.32 Å². The first kappa shape index (κ1) is 15.0. The molecule has 0 aromatic rings. The fraction of sp³-hybridized carbons (Fsp3) is 0.778. The Labute approximate surface area is 97.0 Å². The molecule has 0 saturated carbocycles. The van der Waals surface area contributed by atoms with E-state index < -0.39 is 28.7 Å². The number of hydrogen-bond donors (Lipinski definition) is 3. The number of amides is 1. The molecular formula is C9H18N2O4S. The largest absolute Gasteiger partial charge is 0.481 e. The van der Waals surface area contributed by atoms with Gasteiger partial charge in [0.05, 0.1) is 6.04 Å². The molecule has 0 heterocycles. The van der Waals surface area contributed by atoms with Crippen LogP contribution in [0.1, 0.15) is 19.8 Å². The Kier molecular flexibility index (Phi) is 6.91. The zero-order valence-electron chi connectivity index (χ0n) is 9.43. The van der Waals surface area contributed by atoms with E-state index >= 15 is 0 Å². The van der Waals surface area contributed by atoms with Crippen LogP contribution in [0.5, 0.6) is 0 Å². The molecule has 0 radical (unpaired) electrons. The van der Waals surface area contributed by atoms with E-state index in [1.165, 1.54) is 0 Å². The summed E-state index contributed by atoms with van der Waals surface area (Å²) in [6, 6.07) is -0.825. The predicted molar refractivity (Wildman–Crippen MR) is 61.4 cm³/mol. The maximum absolute atomic E-state index is 11.4. The van der Waals surface area contributed by atoms with E-state index in [1.807, 2.05) is 0 Å². The quantitative estimate of drug-likeness (QED) is 0.540. The monoisotopic (exact) mass is 250 g/mol. The molecule has 0 spiro atoms. The third-order valence-electron chi connectivity index (χ3n) is 2.14. The van der Waals surface area contributed by atoms with Crippen LogP contribution in [0.15, 0.2) is 0 Å². The van der Waals surface area contributed by atoms with E-state index in [0.29, 0.717) is 0 Å². The molecule has 6 nitrogen and oxygen atoms in total. The fourth-order valence-electron chi connectivity index (χ4n) is 0.903. The minimum Gasteiger partial charge on any atom is -0.481 e. The molecule has 0 aliphatic carbocycles. The Balaban J connectivity index is 3.87. The highest BCUT2D eigenvalue weighted by Gasteiger charge is 2.16. The molecule has 7 heteroatoms. The summed E-state index contributed by atoms with van der Waals surface area (Å²) in [5.74, 6) is -1.38. The number of nitrogens with one attached hydrogen (secondary N) is 1. The van der Waals surface area contributed by atoms with Crippen molar-refractivity contribution in [1.29, 1.82) is 0 Å². The Hall–Kier alpha value is -0.950. The maximum Gasteiger partial charge on any atom is 0.303 e. The normalized spacial score (nSPS) is 16.2. The first-order chi connectivity index (χ1) is 7.34. The topological polar surface area (TPSA) is 109 Å². The maximum atomic E-state index is 11.4. The molecule has 0 aliphatic rings. The number of carboxylic acid groups (broad SMARTS) is 1. The van der Waals surface area contributed by atoms with Gasteiger partial charge >= 0.3 is 5.97 Å². The zero-order chi connectivity index (χ0) is 12.7. The van der Waals surface area contributed by atoms with Crippen molar-refractivity contribution in [2.45, 2.75) is 31.1 Å². The summed E-state index contributed by atoms with van der Waals surface area (Å²) >= 11 is 0. The molecule has 0 bridgehead atoms. The third-order valence-corrected chi connectivity index (χ3v) is 3.44. The zero-order valence-corrected chi connectivity index (χ0v) is 10.3. The molecule has 0 fully saturated rings. The molecular weight excluding hydrogens is 232 g/mol. The molecule has 4 N–H and O–H groups in total. The molecule has 1 amide bonds. The van der Waals surface area contributed by atoms with E-state index in [-0.39, 0.29) is 24.6 Å². The fourth-order valence-corrected chi connectivity index (χ4v) is 1.22. The van der Waals surface area contributed by atoms with Gasteiger partial charge < -0.3 is 16.2 Å². The molecule has 0 aromatic heterocycles. The molecule has 0 saturated heterocycles. The van der Waals surface area contributed by atoms with Crippen molar-refractivity contribution in [3.05, 3.63) is 0 Å². The number of hydrogen-bond acceptors (Lipinski definition) is 4. The molecule has 3 atom stereocenters. The minimum atomic E-state index is -1.00. The Morgan fingerprint density at radius 2 is 2.06 bits per heavy atom. The van der Waals surface area contributed by atoms with E-state index in [9.17, 15) is 13.8 Å². The molecule has 0 rings (SSSR count). The van der Waals surface area contributed by atoms with Gasteiger partial charge in [-0.25, -0.2) is 0 Å². The SMILES string of the molecule is CC(CNC(=O)C(N)CCC(=O)O)S(C)=O. The van der Waals surface area contributed by atoms with Crippen molar-refractivity contribution in [2.75, 3.05) is 12.8 Å². The molecule has 0 aromatic carbocycles. The van der Waals surface area contributed by atoms with E-state index in [1.54, 1.807) is 13.2 Å². The summed E-state index contributed by atoms with van der Waals surface area (Å²) in [6.07, 6.45) is 1.52. The van der Waals surface area contributed by atoms with E-state index in [2.05, 4.69) is 5.32 Å². The lowest BCUT2D eigenvalue weighted by molar-refractivity contribution is -0.137. The lowest BCUT2D eigenvalue weighted by Gasteiger charge is -2.13. The lowest BCUT2D eigenvalue weighted by Crippen LogP contribution is -2.43. The van der Waals surface area contributed by atoms with Crippen LogP contribution in [0, 0.1) is 0 Å². The van der Waals surface area contributed by atoms with E-state index in [0.717, 1.165) is 0 Å². The number of carbonyl (C=O) groups is 2. The first-order valence-corrected chi connectivity index (χ1v) is 6.54. The van der Waals surface area contributed by atoms with Gasteiger partial charge in [0.25, 0.3) is 0 Å². The third kappa shape index (κ3) is 6.52. The van der Waals surface area contributed by atoms with Crippen LogP contribution in [0.3, 0.4) is 0 Å². The highest BCUT2D eigenvalue weighted by molar-refractivity contribution is 7.84. The van der Waals surface area contributed by atoms with Gasteiger partial charge in [-0.1, -0.05) is 0 Å². The Morgan fingerprint density at radius 3 is 2.50 bits per heavy atom.